The molecule has 0 spiro atoms. The molecule has 0 aliphatic heterocycles. The Labute approximate surface area is 106 Å². The highest BCUT2D eigenvalue weighted by atomic mass is 16.1. The van der Waals surface area contributed by atoms with E-state index in [1.54, 1.807) is 0 Å². The molecular weight excluding hydrogens is 210 g/mol. The van der Waals surface area contributed by atoms with E-state index in [0.29, 0.717) is 11.8 Å². The highest BCUT2D eigenvalue weighted by Gasteiger charge is 2.23. The van der Waals surface area contributed by atoms with E-state index in [1.807, 2.05) is 0 Å². The van der Waals surface area contributed by atoms with E-state index >= 15 is 0 Å². The average Bonchev–Trinajstić information content (AvgIpc) is 2.39. The van der Waals surface area contributed by atoms with E-state index < -0.39 is 0 Å². The summed E-state index contributed by atoms with van der Waals surface area (Å²) < 4.78 is 0. The van der Waals surface area contributed by atoms with Crippen molar-refractivity contribution in [1.82, 2.24) is 5.32 Å². The van der Waals surface area contributed by atoms with Crippen molar-refractivity contribution in [2.75, 3.05) is 6.54 Å². The molecule has 2 fully saturated rings. The Hall–Kier alpha value is -0.530. The number of hydrogen-bond acceptors (Lipinski definition) is 1. The Morgan fingerprint density at radius 2 is 1.65 bits per heavy atom. The lowest BCUT2D eigenvalue weighted by molar-refractivity contribution is -0.126. The number of carbonyl (C=O) groups excluding carboxylic acids is 1. The first-order valence-corrected chi connectivity index (χ1v) is 7.53. The molecule has 0 atom stereocenters. The first-order valence-electron chi connectivity index (χ1n) is 7.53. The molecule has 0 radical (unpaired) electrons. The van der Waals surface area contributed by atoms with Gasteiger partial charge in [0.2, 0.25) is 5.91 Å². The van der Waals surface area contributed by atoms with Crippen molar-refractivity contribution in [2.24, 2.45) is 17.8 Å². The molecule has 1 N–H and O–H groups in total. The molecule has 0 heterocycles. The smallest absolute Gasteiger partial charge is 0.223 e. The van der Waals surface area contributed by atoms with Gasteiger partial charge in [0, 0.05) is 12.5 Å². The minimum atomic E-state index is 0.325. The van der Waals surface area contributed by atoms with Crippen LogP contribution < -0.4 is 5.32 Å². The molecule has 2 heteroatoms. The summed E-state index contributed by atoms with van der Waals surface area (Å²) in [4.78, 5) is 12.0. The van der Waals surface area contributed by atoms with Crippen LogP contribution in [-0.2, 0) is 4.79 Å². The van der Waals surface area contributed by atoms with Crippen LogP contribution in [0.1, 0.15) is 64.7 Å². The van der Waals surface area contributed by atoms with Crippen LogP contribution >= 0.6 is 0 Å². The summed E-state index contributed by atoms with van der Waals surface area (Å²) in [6.45, 7) is 3.28. The third-order valence-corrected chi connectivity index (χ3v) is 4.68. The number of nitrogens with one attached hydrogen (secondary N) is 1. The van der Waals surface area contributed by atoms with Crippen molar-refractivity contribution in [1.29, 1.82) is 0 Å². The Kier molecular flexibility index (Phi) is 4.87. The van der Waals surface area contributed by atoms with Crippen molar-refractivity contribution in [3.8, 4) is 0 Å². The van der Waals surface area contributed by atoms with Gasteiger partial charge in [0.1, 0.15) is 0 Å². The average molecular weight is 237 g/mol. The van der Waals surface area contributed by atoms with Crippen LogP contribution in [-0.4, -0.2) is 12.5 Å². The SMILES string of the molecule is C[C@H]1CC[C@H](CNC(=O)C2CCCCC2)CC1. The van der Waals surface area contributed by atoms with E-state index in [-0.39, 0.29) is 0 Å². The molecule has 0 aromatic rings. The van der Waals surface area contributed by atoms with E-state index in [1.165, 1.54) is 44.9 Å². The second kappa shape index (κ2) is 6.42. The normalized spacial score (nSPS) is 31.1. The standard InChI is InChI=1S/C15H27NO/c1-12-7-9-13(10-8-12)11-16-15(17)14-5-3-2-4-6-14/h12-14H,2-11H2,1H3,(H,16,17)/t12-,13-. The molecule has 2 nitrogen and oxygen atoms in total. The highest BCUT2D eigenvalue weighted by molar-refractivity contribution is 5.78. The van der Waals surface area contributed by atoms with Crippen LogP contribution in [0, 0.1) is 17.8 Å². The first kappa shape index (κ1) is 12.9. The zero-order valence-corrected chi connectivity index (χ0v) is 11.2. The molecule has 2 saturated carbocycles. The van der Waals surface area contributed by atoms with E-state index in [4.69, 9.17) is 0 Å². The summed E-state index contributed by atoms with van der Waals surface area (Å²) in [7, 11) is 0. The summed E-state index contributed by atoms with van der Waals surface area (Å²) in [5.41, 5.74) is 0. The Morgan fingerprint density at radius 1 is 1.00 bits per heavy atom. The molecule has 0 aromatic heterocycles. The summed E-state index contributed by atoms with van der Waals surface area (Å²) in [5, 5.41) is 3.20. The highest BCUT2D eigenvalue weighted by Crippen LogP contribution is 2.28. The second-order valence-corrected chi connectivity index (χ2v) is 6.21. The van der Waals surface area contributed by atoms with E-state index in [0.717, 1.165) is 31.2 Å². The molecule has 2 rings (SSSR count). The van der Waals surface area contributed by atoms with Gasteiger partial charge in [-0.15, -0.1) is 0 Å². The van der Waals surface area contributed by atoms with Crippen LogP contribution in [0.3, 0.4) is 0 Å². The zero-order valence-electron chi connectivity index (χ0n) is 11.2. The van der Waals surface area contributed by atoms with Gasteiger partial charge in [-0.05, 0) is 37.5 Å². The molecule has 0 bridgehead atoms. The van der Waals surface area contributed by atoms with Gasteiger partial charge in [-0.2, -0.15) is 0 Å². The molecule has 2 aliphatic rings. The fourth-order valence-corrected chi connectivity index (χ4v) is 3.29. The van der Waals surface area contributed by atoms with Crippen LogP contribution in [0.2, 0.25) is 0 Å². The van der Waals surface area contributed by atoms with Gasteiger partial charge in [0.05, 0.1) is 0 Å². The number of amides is 1. The lowest BCUT2D eigenvalue weighted by Gasteiger charge is -2.27. The predicted molar refractivity (Wildman–Crippen MR) is 70.7 cm³/mol. The molecule has 0 aromatic carbocycles. The minimum absolute atomic E-state index is 0.325. The Balaban J connectivity index is 1.65. The van der Waals surface area contributed by atoms with Gasteiger partial charge in [-0.3, -0.25) is 4.79 Å². The summed E-state index contributed by atoms with van der Waals surface area (Å²) >= 11 is 0. The quantitative estimate of drug-likeness (QED) is 0.799. The summed E-state index contributed by atoms with van der Waals surface area (Å²) in [6, 6.07) is 0. The van der Waals surface area contributed by atoms with Gasteiger partial charge in [0.15, 0.2) is 0 Å². The Morgan fingerprint density at radius 3 is 2.29 bits per heavy atom. The number of hydrogen-bond donors (Lipinski definition) is 1. The monoisotopic (exact) mass is 237 g/mol. The molecule has 2 aliphatic carbocycles. The van der Waals surface area contributed by atoms with Crippen molar-refractivity contribution in [3.05, 3.63) is 0 Å². The maximum Gasteiger partial charge on any atom is 0.223 e. The van der Waals surface area contributed by atoms with Crippen molar-refractivity contribution in [3.63, 3.8) is 0 Å². The lowest BCUT2D eigenvalue weighted by Crippen LogP contribution is -2.36. The fourth-order valence-electron chi connectivity index (χ4n) is 3.29. The second-order valence-electron chi connectivity index (χ2n) is 6.21. The Bertz CT molecular complexity index is 237. The molecule has 98 valence electrons. The van der Waals surface area contributed by atoms with Crippen LogP contribution in [0.4, 0.5) is 0 Å². The minimum Gasteiger partial charge on any atom is -0.356 e. The predicted octanol–water partition coefficient (Wildman–Crippen LogP) is 3.51. The largest absolute Gasteiger partial charge is 0.356 e. The van der Waals surface area contributed by atoms with Gasteiger partial charge in [-0.1, -0.05) is 39.0 Å². The van der Waals surface area contributed by atoms with Crippen LogP contribution in [0.25, 0.3) is 0 Å². The molecule has 17 heavy (non-hydrogen) atoms. The maximum atomic E-state index is 12.0. The molecular formula is C15H27NO. The number of rotatable bonds is 3. The van der Waals surface area contributed by atoms with Gasteiger partial charge in [-0.25, -0.2) is 0 Å². The van der Waals surface area contributed by atoms with Gasteiger partial charge in [0.25, 0.3) is 0 Å². The van der Waals surface area contributed by atoms with Crippen LogP contribution in [0.15, 0.2) is 0 Å². The number of carbonyl (C=O) groups is 1. The topological polar surface area (TPSA) is 29.1 Å². The molecule has 0 unspecified atom stereocenters. The summed E-state index contributed by atoms with van der Waals surface area (Å²) in [5.74, 6) is 2.31. The summed E-state index contributed by atoms with van der Waals surface area (Å²) in [6.07, 6.45) is 11.4. The zero-order chi connectivity index (χ0) is 12.1. The third kappa shape index (κ3) is 4.01. The third-order valence-electron chi connectivity index (χ3n) is 4.68. The molecule has 0 saturated heterocycles. The van der Waals surface area contributed by atoms with E-state index in [9.17, 15) is 4.79 Å². The maximum absolute atomic E-state index is 12.0. The van der Waals surface area contributed by atoms with E-state index in [2.05, 4.69) is 12.2 Å². The van der Waals surface area contributed by atoms with Crippen molar-refractivity contribution < 1.29 is 4.79 Å². The van der Waals surface area contributed by atoms with Crippen molar-refractivity contribution in [2.45, 2.75) is 64.7 Å². The van der Waals surface area contributed by atoms with Crippen LogP contribution in [0.5, 0.6) is 0 Å². The molecule has 1 amide bonds. The van der Waals surface area contributed by atoms with Crippen molar-refractivity contribution >= 4 is 5.91 Å². The first-order chi connectivity index (χ1) is 8.25. The lowest BCUT2D eigenvalue weighted by atomic mass is 9.83. The van der Waals surface area contributed by atoms with Gasteiger partial charge < -0.3 is 5.32 Å². The van der Waals surface area contributed by atoms with Gasteiger partial charge >= 0.3 is 0 Å². The fraction of sp³-hybridized carbons (Fsp3) is 0.933.